The van der Waals surface area contributed by atoms with Gasteiger partial charge in [0.05, 0.1) is 31.2 Å². The molecule has 0 aliphatic rings. The molecule has 3 N–H and O–H groups in total. The molecule has 0 saturated carbocycles. The van der Waals surface area contributed by atoms with Crippen molar-refractivity contribution in [3.8, 4) is 0 Å². The SMILES string of the molecule is CCCCCCN(C)CC(=O)C(CC(=O)O)NC(=O)C(CC)n1cc(C(C)C)nc(NCc2nonc2C)c1=O. The molecule has 0 radical (unpaired) electrons. The van der Waals surface area contributed by atoms with E-state index in [0.717, 1.165) is 25.7 Å². The van der Waals surface area contributed by atoms with E-state index in [9.17, 15) is 24.3 Å². The average molecular weight is 562 g/mol. The van der Waals surface area contributed by atoms with Gasteiger partial charge in [-0.2, -0.15) is 0 Å². The minimum Gasteiger partial charge on any atom is -0.481 e. The van der Waals surface area contributed by atoms with Crippen LogP contribution in [-0.4, -0.2) is 73.7 Å². The molecule has 222 valence electrons. The lowest BCUT2D eigenvalue weighted by Gasteiger charge is -2.24. The van der Waals surface area contributed by atoms with Gasteiger partial charge in [0, 0.05) is 6.20 Å². The van der Waals surface area contributed by atoms with Crippen molar-refractivity contribution in [3.63, 3.8) is 0 Å². The number of ketones is 1. The first-order valence-corrected chi connectivity index (χ1v) is 13.9. The second-order valence-corrected chi connectivity index (χ2v) is 10.4. The molecular formula is C27H43N7O6. The summed E-state index contributed by atoms with van der Waals surface area (Å²) in [6.45, 7) is 10.3. The monoisotopic (exact) mass is 561 g/mol. The van der Waals surface area contributed by atoms with Crippen molar-refractivity contribution in [1.82, 2.24) is 30.1 Å². The van der Waals surface area contributed by atoms with Gasteiger partial charge in [-0.3, -0.25) is 28.6 Å². The first kappa shape index (κ1) is 32.6. The molecule has 0 aliphatic carbocycles. The smallest absolute Gasteiger partial charge is 0.305 e. The number of carbonyl (C=O) groups excluding carboxylic acids is 2. The van der Waals surface area contributed by atoms with Gasteiger partial charge in [-0.25, -0.2) is 9.61 Å². The predicted octanol–water partition coefficient (Wildman–Crippen LogP) is 2.66. The summed E-state index contributed by atoms with van der Waals surface area (Å²) in [5.74, 6) is -2.24. The second-order valence-electron chi connectivity index (χ2n) is 10.4. The molecule has 40 heavy (non-hydrogen) atoms. The Morgan fingerprint density at radius 1 is 1.15 bits per heavy atom. The maximum atomic E-state index is 13.4. The zero-order valence-corrected chi connectivity index (χ0v) is 24.4. The third kappa shape index (κ3) is 9.54. The molecule has 0 aromatic carbocycles. The summed E-state index contributed by atoms with van der Waals surface area (Å²) in [5, 5.41) is 22.5. The standard InChI is InChI=1S/C27H43N7O6/c1-7-9-10-11-12-33(6)16-23(35)19(13-24(36)37)30-26(38)22(8-2)34-15-21(17(3)4)29-25(27(34)39)28-14-20-18(5)31-40-32-20/h15,17,19,22H,7-14,16H2,1-6H3,(H,28,29)(H,30,38)(H,36,37). The number of hydrogen-bond acceptors (Lipinski definition) is 10. The van der Waals surface area contributed by atoms with Crippen molar-refractivity contribution in [2.24, 2.45) is 0 Å². The first-order valence-electron chi connectivity index (χ1n) is 13.9. The van der Waals surface area contributed by atoms with Gasteiger partial charge in [-0.15, -0.1) is 0 Å². The van der Waals surface area contributed by atoms with Crippen LogP contribution >= 0.6 is 0 Å². The van der Waals surface area contributed by atoms with Gasteiger partial charge in [-0.1, -0.05) is 57.3 Å². The fourth-order valence-electron chi connectivity index (χ4n) is 4.19. The zero-order valence-electron chi connectivity index (χ0n) is 24.4. The first-order chi connectivity index (χ1) is 19.0. The van der Waals surface area contributed by atoms with Crippen LogP contribution in [0.3, 0.4) is 0 Å². The number of carboxylic acid groups (broad SMARTS) is 1. The van der Waals surface area contributed by atoms with Gasteiger partial charge >= 0.3 is 5.97 Å². The third-order valence-electron chi connectivity index (χ3n) is 6.64. The van der Waals surface area contributed by atoms with Gasteiger partial charge in [0.15, 0.2) is 11.6 Å². The Hall–Kier alpha value is -3.61. The second kappa shape index (κ2) is 15.8. The normalized spacial score (nSPS) is 12.9. The van der Waals surface area contributed by atoms with E-state index < -0.39 is 41.7 Å². The van der Waals surface area contributed by atoms with Crippen molar-refractivity contribution >= 4 is 23.5 Å². The number of nitrogens with zero attached hydrogens (tertiary/aromatic N) is 5. The Labute approximate surface area is 234 Å². The maximum Gasteiger partial charge on any atom is 0.305 e. The van der Waals surface area contributed by atoms with Crippen LogP contribution in [-0.2, 0) is 20.9 Å². The van der Waals surface area contributed by atoms with Crippen LogP contribution < -0.4 is 16.2 Å². The van der Waals surface area contributed by atoms with E-state index in [-0.39, 0.29) is 31.2 Å². The molecule has 1 amide bonds. The average Bonchev–Trinajstić information content (AvgIpc) is 3.30. The van der Waals surface area contributed by atoms with Crippen LogP contribution in [0.4, 0.5) is 5.82 Å². The van der Waals surface area contributed by atoms with E-state index in [0.29, 0.717) is 23.6 Å². The minimum absolute atomic E-state index is 0.0121. The molecule has 0 saturated heterocycles. The van der Waals surface area contributed by atoms with Gasteiger partial charge in [0.1, 0.15) is 17.4 Å². The maximum absolute atomic E-state index is 13.4. The lowest BCUT2D eigenvalue weighted by atomic mass is 10.1. The number of likely N-dealkylation sites (N-methyl/N-ethyl adjacent to an activating group) is 1. The van der Waals surface area contributed by atoms with Crippen molar-refractivity contribution in [2.45, 2.75) is 97.7 Å². The van der Waals surface area contributed by atoms with E-state index >= 15 is 0 Å². The summed E-state index contributed by atoms with van der Waals surface area (Å²) < 4.78 is 5.99. The fourth-order valence-corrected chi connectivity index (χ4v) is 4.19. The summed E-state index contributed by atoms with van der Waals surface area (Å²) >= 11 is 0. The van der Waals surface area contributed by atoms with E-state index in [1.807, 2.05) is 18.7 Å². The fraction of sp³-hybridized carbons (Fsp3) is 0.667. The lowest BCUT2D eigenvalue weighted by molar-refractivity contribution is -0.140. The van der Waals surface area contributed by atoms with Crippen molar-refractivity contribution < 1.29 is 24.1 Å². The Balaban J connectivity index is 2.26. The Kier molecular flexibility index (Phi) is 12.9. The van der Waals surface area contributed by atoms with Crippen molar-refractivity contribution in [3.05, 3.63) is 33.6 Å². The highest BCUT2D eigenvalue weighted by molar-refractivity contribution is 5.93. The summed E-state index contributed by atoms with van der Waals surface area (Å²) in [6.07, 6.45) is 5.40. The Morgan fingerprint density at radius 3 is 2.45 bits per heavy atom. The minimum atomic E-state index is -1.22. The van der Waals surface area contributed by atoms with Crippen LogP contribution in [0.2, 0.25) is 0 Å². The third-order valence-corrected chi connectivity index (χ3v) is 6.64. The van der Waals surface area contributed by atoms with Crippen LogP contribution in [0.5, 0.6) is 0 Å². The van der Waals surface area contributed by atoms with E-state index in [4.69, 9.17) is 4.63 Å². The molecule has 0 fully saturated rings. The lowest BCUT2D eigenvalue weighted by Crippen LogP contribution is -2.49. The molecule has 2 aromatic heterocycles. The number of carboxylic acids is 1. The molecule has 2 heterocycles. The number of unbranched alkanes of at least 4 members (excludes halogenated alkanes) is 3. The summed E-state index contributed by atoms with van der Waals surface area (Å²) in [6, 6.07) is -2.21. The highest BCUT2D eigenvalue weighted by Crippen LogP contribution is 2.18. The summed E-state index contributed by atoms with van der Waals surface area (Å²) in [7, 11) is 1.80. The number of Topliss-reactive ketones (excluding diaryl/α,β-unsaturated/α-hetero) is 1. The van der Waals surface area contributed by atoms with Gasteiger partial charge in [-0.05, 0) is 39.3 Å². The highest BCUT2D eigenvalue weighted by atomic mass is 16.6. The van der Waals surface area contributed by atoms with Gasteiger partial charge in [0.2, 0.25) is 5.91 Å². The van der Waals surface area contributed by atoms with E-state index in [2.05, 4.69) is 32.9 Å². The van der Waals surface area contributed by atoms with Gasteiger partial charge in [0.25, 0.3) is 5.56 Å². The van der Waals surface area contributed by atoms with Gasteiger partial charge < -0.3 is 15.7 Å². The molecule has 0 spiro atoms. The molecule has 0 aliphatic heterocycles. The van der Waals surface area contributed by atoms with Crippen LogP contribution in [0.1, 0.15) is 95.3 Å². The summed E-state index contributed by atoms with van der Waals surface area (Å²) in [5.41, 5.74) is 1.12. The van der Waals surface area contributed by atoms with Crippen molar-refractivity contribution in [1.29, 1.82) is 0 Å². The van der Waals surface area contributed by atoms with Crippen LogP contribution in [0, 0.1) is 6.92 Å². The number of hydrogen-bond donors (Lipinski definition) is 3. The number of aryl methyl sites for hydroxylation is 1. The zero-order chi connectivity index (χ0) is 29.8. The molecule has 13 nitrogen and oxygen atoms in total. The number of anilines is 1. The largest absolute Gasteiger partial charge is 0.481 e. The number of carbonyl (C=O) groups is 3. The van der Waals surface area contributed by atoms with E-state index in [1.165, 1.54) is 10.8 Å². The van der Waals surface area contributed by atoms with E-state index in [1.54, 1.807) is 20.9 Å². The number of aliphatic carboxylic acids is 1. The van der Waals surface area contributed by atoms with Crippen LogP contribution in [0.25, 0.3) is 0 Å². The van der Waals surface area contributed by atoms with Crippen LogP contribution in [0.15, 0.2) is 15.6 Å². The highest BCUT2D eigenvalue weighted by Gasteiger charge is 2.29. The molecule has 2 unspecified atom stereocenters. The topological polar surface area (TPSA) is 173 Å². The molecule has 0 bridgehead atoms. The number of aromatic nitrogens is 4. The Morgan fingerprint density at radius 2 is 1.88 bits per heavy atom. The predicted molar refractivity (Wildman–Crippen MR) is 149 cm³/mol. The quantitative estimate of drug-likeness (QED) is 0.228. The summed E-state index contributed by atoms with van der Waals surface area (Å²) in [4.78, 5) is 57.7. The molecule has 13 heteroatoms. The molecule has 2 aromatic rings. The number of amides is 1. The molecule has 2 rings (SSSR count). The molecule has 2 atom stereocenters. The number of rotatable bonds is 18. The van der Waals surface area contributed by atoms with Crippen molar-refractivity contribution in [2.75, 3.05) is 25.5 Å². The molecular weight excluding hydrogens is 518 g/mol. The Bertz CT molecular complexity index is 1190. The number of nitrogens with one attached hydrogen (secondary N) is 2.